The van der Waals surface area contributed by atoms with E-state index < -0.39 is 18.2 Å². The largest absolute Gasteiger partial charge is 0.496 e. The summed E-state index contributed by atoms with van der Waals surface area (Å²) in [5.41, 5.74) is 1.39. The first-order valence-corrected chi connectivity index (χ1v) is 13.3. The predicted octanol–water partition coefficient (Wildman–Crippen LogP) is 6.77. The van der Waals surface area contributed by atoms with Crippen molar-refractivity contribution in [1.29, 1.82) is 0 Å². The Labute approximate surface area is 203 Å². The van der Waals surface area contributed by atoms with Gasteiger partial charge in [-0.3, -0.25) is 9.59 Å². The minimum absolute atomic E-state index is 0.000189. The molecule has 2 aromatic rings. The molecule has 2 rings (SSSR count). The fourth-order valence-corrected chi connectivity index (χ4v) is 6.64. The molecule has 0 saturated heterocycles. The van der Waals surface area contributed by atoms with Gasteiger partial charge in [0, 0.05) is 23.9 Å². The summed E-state index contributed by atoms with van der Waals surface area (Å²) in [6.45, 7) is 11.9. The van der Waals surface area contributed by atoms with Crippen LogP contribution in [0.15, 0.2) is 24.3 Å². The van der Waals surface area contributed by atoms with Crippen molar-refractivity contribution in [3.05, 3.63) is 52.1 Å². The molecule has 0 aliphatic heterocycles. The summed E-state index contributed by atoms with van der Waals surface area (Å²) in [7, 11) is 0.243. The first-order valence-electron chi connectivity index (χ1n) is 11.5. The Hall–Kier alpha value is -2.59. The van der Waals surface area contributed by atoms with Crippen molar-refractivity contribution in [2.24, 2.45) is 0 Å². The maximum absolute atomic E-state index is 14.4. The molecule has 0 aromatic heterocycles. The van der Waals surface area contributed by atoms with Crippen LogP contribution in [-0.4, -0.2) is 38.5 Å². The van der Waals surface area contributed by atoms with Gasteiger partial charge in [0.05, 0.1) is 21.3 Å². The van der Waals surface area contributed by atoms with Gasteiger partial charge in [0.1, 0.15) is 22.8 Å². The molecule has 186 valence electrons. The van der Waals surface area contributed by atoms with Crippen LogP contribution >= 0.6 is 7.14 Å². The predicted molar refractivity (Wildman–Crippen MR) is 137 cm³/mol. The number of aryl methyl sites for hydroxylation is 2. The fourth-order valence-electron chi connectivity index (χ4n) is 3.99. The van der Waals surface area contributed by atoms with E-state index in [0.717, 1.165) is 5.56 Å². The Morgan fingerprint density at radius 1 is 0.824 bits per heavy atom. The number of hydrogen-bond acceptors (Lipinski definition) is 6. The van der Waals surface area contributed by atoms with Gasteiger partial charge in [-0.1, -0.05) is 46.2 Å². The summed E-state index contributed by atoms with van der Waals surface area (Å²) in [6, 6.07) is 6.95. The molecule has 7 heteroatoms. The van der Waals surface area contributed by atoms with Gasteiger partial charge in [-0.05, 0) is 42.4 Å². The summed E-state index contributed by atoms with van der Waals surface area (Å²) in [4.78, 5) is 27.8. The van der Waals surface area contributed by atoms with Gasteiger partial charge in [-0.2, -0.15) is 0 Å². The zero-order chi connectivity index (χ0) is 25.8. The van der Waals surface area contributed by atoms with Gasteiger partial charge in [0.2, 0.25) is 18.2 Å². The smallest absolute Gasteiger partial charge is 0.236 e. The lowest BCUT2D eigenvalue weighted by molar-refractivity contribution is 0.103. The molecule has 6 nitrogen and oxygen atoms in total. The number of carbonyl (C=O) groups is 2. The number of benzene rings is 2. The second-order valence-corrected chi connectivity index (χ2v) is 12.3. The van der Waals surface area contributed by atoms with Gasteiger partial charge < -0.3 is 18.8 Å². The van der Waals surface area contributed by atoms with Crippen LogP contribution in [0.2, 0.25) is 0 Å². The van der Waals surface area contributed by atoms with Crippen LogP contribution in [0, 0.1) is 13.8 Å². The average molecular weight is 489 g/mol. The molecule has 1 atom stereocenters. The third-order valence-corrected chi connectivity index (χ3v) is 8.73. The molecule has 0 N–H and O–H groups in total. The molecule has 1 unspecified atom stereocenters. The van der Waals surface area contributed by atoms with Crippen molar-refractivity contribution in [2.75, 3.05) is 27.5 Å². The third kappa shape index (κ3) is 5.38. The molecular formula is C27H37O6P. The minimum atomic E-state index is -4.05. The van der Waals surface area contributed by atoms with E-state index in [1.54, 1.807) is 0 Å². The van der Waals surface area contributed by atoms with Crippen molar-refractivity contribution in [3.63, 3.8) is 0 Å². The van der Waals surface area contributed by atoms with Gasteiger partial charge in [-0.15, -0.1) is 0 Å². The molecule has 34 heavy (non-hydrogen) atoms. The standard InChI is InChI=1S/C27H37O6P/c1-10-11-12-34(30,25(28)23-17(2)13-19(14-18(23)3)27(4,5)6)26(29)24-21(32-8)15-20(31-7)16-22(24)33-9/h13-16H,10-12H2,1-9H3. The summed E-state index contributed by atoms with van der Waals surface area (Å²) >= 11 is 0. The Kier molecular flexibility index (Phi) is 8.76. The van der Waals surface area contributed by atoms with Crippen LogP contribution < -0.4 is 14.2 Å². The Morgan fingerprint density at radius 2 is 1.29 bits per heavy atom. The van der Waals surface area contributed by atoms with Gasteiger partial charge in [0.15, 0.2) is 0 Å². The summed E-state index contributed by atoms with van der Waals surface area (Å²) in [5, 5.41) is 0. The van der Waals surface area contributed by atoms with Gasteiger partial charge >= 0.3 is 0 Å². The van der Waals surface area contributed by atoms with E-state index >= 15 is 0 Å². The molecule has 0 radical (unpaired) electrons. The Morgan fingerprint density at radius 3 is 1.68 bits per heavy atom. The maximum atomic E-state index is 14.4. The van der Waals surface area contributed by atoms with E-state index in [4.69, 9.17) is 14.2 Å². The summed E-state index contributed by atoms with van der Waals surface area (Å²) in [5.74, 6) is 0.730. The lowest BCUT2D eigenvalue weighted by atomic mass is 9.84. The van der Waals surface area contributed by atoms with Gasteiger partial charge in [0.25, 0.3) is 0 Å². The molecule has 2 aromatic carbocycles. The lowest BCUT2D eigenvalue weighted by Gasteiger charge is -2.24. The molecule has 0 aliphatic carbocycles. The second kappa shape index (κ2) is 10.8. The highest BCUT2D eigenvalue weighted by Crippen LogP contribution is 2.56. The first kappa shape index (κ1) is 27.7. The van der Waals surface area contributed by atoms with Crippen molar-refractivity contribution in [2.45, 2.75) is 59.8 Å². The highest BCUT2D eigenvalue weighted by molar-refractivity contribution is 7.95. The second-order valence-electron chi connectivity index (χ2n) is 9.57. The van der Waals surface area contributed by atoms with E-state index in [1.807, 2.05) is 32.9 Å². The normalized spacial score (nSPS) is 13.2. The molecule has 0 spiro atoms. The highest BCUT2D eigenvalue weighted by atomic mass is 31.2. The molecule has 0 bridgehead atoms. The summed E-state index contributed by atoms with van der Waals surface area (Å²) in [6.07, 6.45) is 1.16. The molecule has 0 saturated carbocycles. The van der Waals surface area contributed by atoms with Crippen LogP contribution in [0.1, 0.15) is 77.9 Å². The Bertz CT molecular complexity index is 1080. The van der Waals surface area contributed by atoms with E-state index in [1.165, 1.54) is 33.5 Å². The number of unbranched alkanes of at least 4 members (excludes halogenated alkanes) is 1. The number of rotatable bonds is 10. The van der Waals surface area contributed by atoms with Crippen LogP contribution in [0.3, 0.4) is 0 Å². The summed E-state index contributed by atoms with van der Waals surface area (Å²) < 4.78 is 30.5. The molecule has 0 fully saturated rings. The lowest BCUT2D eigenvalue weighted by Crippen LogP contribution is -2.18. The first-order chi connectivity index (χ1) is 15.8. The van der Waals surface area contributed by atoms with Crippen LogP contribution in [0.5, 0.6) is 17.2 Å². The van der Waals surface area contributed by atoms with E-state index in [2.05, 4.69) is 20.8 Å². The van der Waals surface area contributed by atoms with Crippen LogP contribution in [-0.2, 0) is 9.98 Å². The number of carbonyl (C=O) groups excluding carboxylic acids is 2. The SMILES string of the molecule is CCCCP(=O)(C(=O)c1c(C)cc(C(C)(C)C)cc1C)C(=O)c1c(OC)cc(OC)cc1OC. The molecular weight excluding hydrogens is 451 g/mol. The van der Waals surface area contributed by atoms with E-state index in [0.29, 0.717) is 35.3 Å². The number of hydrogen-bond donors (Lipinski definition) is 0. The minimum Gasteiger partial charge on any atom is -0.496 e. The molecule has 0 heterocycles. The zero-order valence-corrected chi connectivity index (χ0v) is 22.7. The number of ether oxygens (including phenoxy) is 3. The molecule has 0 aliphatic rings. The van der Waals surface area contributed by atoms with Crippen LogP contribution in [0.4, 0.5) is 0 Å². The van der Waals surface area contributed by atoms with Crippen molar-refractivity contribution in [3.8, 4) is 17.2 Å². The number of methoxy groups -OCH3 is 3. The maximum Gasteiger partial charge on any atom is 0.236 e. The zero-order valence-electron chi connectivity index (χ0n) is 21.8. The topological polar surface area (TPSA) is 78.9 Å². The van der Waals surface area contributed by atoms with Gasteiger partial charge in [-0.25, -0.2) is 0 Å². The fraction of sp³-hybridized carbons (Fsp3) is 0.481. The van der Waals surface area contributed by atoms with Crippen molar-refractivity contribution in [1.82, 2.24) is 0 Å². The molecule has 0 amide bonds. The third-order valence-electron chi connectivity index (χ3n) is 6.02. The van der Waals surface area contributed by atoms with Crippen molar-refractivity contribution >= 4 is 18.2 Å². The van der Waals surface area contributed by atoms with Crippen LogP contribution in [0.25, 0.3) is 0 Å². The monoisotopic (exact) mass is 488 g/mol. The Balaban J connectivity index is 2.74. The van der Waals surface area contributed by atoms with E-state index in [-0.39, 0.29) is 28.6 Å². The average Bonchev–Trinajstić information content (AvgIpc) is 2.79. The van der Waals surface area contributed by atoms with Crippen molar-refractivity contribution < 1.29 is 28.4 Å². The highest BCUT2D eigenvalue weighted by Gasteiger charge is 2.44. The quantitative estimate of drug-likeness (QED) is 0.343. The van der Waals surface area contributed by atoms with E-state index in [9.17, 15) is 14.2 Å².